The number of anilines is 1. The molecule has 4 rings (SSSR count). The summed E-state index contributed by atoms with van der Waals surface area (Å²) in [6.45, 7) is 2.50. The Bertz CT molecular complexity index is 1110. The van der Waals surface area contributed by atoms with E-state index in [0.717, 1.165) is 11.1 Å². The molecule has 1 amide bonds. The van der Waals surface area contributed by atoms with Gasteiger partial charge in [-0.15, -0.1) is 0 Å². The number of aliphatic hydroxyl groups is 1. The maximum Gasteiger partial charge on any atom is 0.261 e. The van der Waals surface area contributed by atoms with E-state index in [4.69, 9.17) is 4.99 Å². The first kappa shape index (κ1) is 20.9. The number of amides is 1. The van der Waals surface area contributed by atoms with E-state index in [1.165, 1.54) is 17.3 Å². The molecule has 5 heteroatoms. The van der Waals surface area contributed by atoms with Crippen LogP contribution in [0.4, 0.5) is 5.69 Å². The number of aliphatic hydroxyl groups excluding tert-OH is 1. The third-order valence-corrected chi connectivity index (χ3v) is 6.31. The van der Waals surface area contributed by atoms with Crippen molar-refractivity contribution in [2.45, 2.75) is 25.1 Å². The van der Waals surface area contributed by atoms with Gasteiger partial charge >= 0.3 is 0 Å². The van der Waals surface area contributed by atoms with E-state index in [-0.39, 0.29) is 22.5 Å². The van der Waals surface area contributed by atoms with E-state index in [2.05, 4.69) is 29.6 Å². The third kappa shape index (κ3) is 5.25. The zero-order valence-electron chi connectivity index (χ0n) is 17.3. The fraction of sp³-hybridized carbons (Fsp3) is 0.154. The van der Waals surface area contributed by atoms with Gasteiger partial charge in [0.05, 0.1) is 11.8 Å². The minimum atomic E-state index is -0.339. The number of para-hydroxylation sites is 1. The van der Waals surface area contributed by atoms with Gasteiger partial charge in [0.25, 0.3) is 5.91 Å². The Morgan fingerprint density at radius 2 is 1.58 bits per heavy atom. The number of carbonyl (C=O) groups excluding carboxylic acids is 1. The van der Waals surface area contributed by atoms with Crippen LogP contribution in [0.3, 0.4) is 0 Å². The molecule has 1 aliphatic heterocycles. The van der Waals surface area contributed by atoms with Crippen molar-refractivity contribution in [1.29, 1.82) is 0 Å². The van der Waals surface area contributed by atoms with Crippen molar-refractivity contribution < 1.29 is 9.90 Å². The minimum absolute atomic E-state index is 0.0887. The van der Waals surface area contributed by atoms with Crippen molar-refractivity contribution >= 4 is 28.4 Å². The Kier molecular flexibility index (Phi) is 6.53. The molecule has 156 valence electrons. The van der Waals surface area contributed by atoms with Crippen molar-refractivity contribution in [3.05, 3.63) is 113 Å². The summed E-state index contributed by atoms with van der Waals surface area (Å²) in [5, 5.41) is 14.2. The first-order valence-corrected chi connectivity index (χ1v) is 11.1. The smallest absolute Gasteiger partial charge is 0.261 e. The molecule has 0 radical (unpaired) electrons. The average Bonchev–Trinajstić information content (AvgIpc) is 3.10. The molecule has 0 fully saturated rings. The van der Waals surface area contributed by atoms with Crippen LogP contribution in [-0.4, -0.2) is 21.3 Å². The molecule has 0 aliphatic carbocycles. The highest BCUT2D eigenvalue weighted by Gasteiger charge is 2.35. The summed E-state index contributed by atoms with van der Waals surface area (Å²) in [4.78, 5) is 17.8. The van der Waals surface area contributed by atoms with Gasteiger partial charge in [-0.05, 0) is 36.6 Å². The van der Waals surface area contributed by atoms with Gasteiger partial charge in [0.1, 0.15) is 16.4 Å². The molecule has 1 heterocycles. The predicted molar refractivity (Wildman–Crippen MR) is 129 cm³/mol. The lowest BCUT2D eigenvalue weighted by Crippen LogP contribution is -2.19. The number of hydrogen-bond acceptors (Lipinski definition) is 4. The summed E-state index contributed by atoms with van der Waals surface area (Å²) < 4.78 is 0. The first-order chi connectivity index (χ1) is 15.1. The summed E-state index contributed by atoms with van der Waals surface area (Å²) in [5.41, 5.74) is 4.31. The first-order valence-electron chi connectivity index (χ1n) is 10.2. The number of nitrogens with one attached hydrogen (secondary N) is 1. The zero-order valence-corrected chi connectivity index (χ0v) is 18.1. The van der Waals surface area contributed by atoms with Crippen molar-refractivity contribution in [3.63, 3.8) is 0 Å². The fourth-order valence-electron chi connectivity index (χ4n) is 3.39. The van der Waals surface area contributed by atoms with Crippen LogP contribution in [0.2, 0.25) is 0 Å². The summed E-state index contributed by atoms with van der Waals surface area (Å²) in [6, 6.07) is 27.4. The lowest BCUT2D eigenvalue weighted by molar-refractivity contribution is -0.112. The molecule has 0 saturated heterocycles. The molecule has 0 saturated carbocycles. The Morgan fingerprint density at radius 1 is 0.935 bits per heavy atom. The number of aliphatic imine (C=N–C) groups is 1. The van der Waals surface area contributed by atoms with Crippen LogP contribution in [-0.2, 0) is 17.8 Å². The van der Waals surface area contributed by atoms with E-state index in [9.17, 15) is 9.90 Å². The Hall–Kier alpha value is -3.31. The second-order valence-electron chi connectivity index (χ2n) is 7.48. The zero-order chi connectivity index (χ0) is 21.6. The number of hydrogen-bond donors (Lipinski definition) is 2. The molecule has 2 N–H and O–H groups in total. The van der Waals surface area contributed by atoms with Crippen LogP contribution in [0.1, 0.15) is 16.7 Å². The quantitative estimate of drug-likeness (QED) is 0.529. The Balaban J connectivity index is 1.60. The Labute approximate surface area is 186 Å². The lowest BCUT2D eigenvalue weighted by Gasteiger charge is -2.09. The maximum atomic E-state index is 13.1. The van der Waals surface area contributed by atoms with Crippen molar-refractivity contribution in [2.24, 2.45) is 4.99 Å². The van der Waals surface area contributed by atoms with Crippen molar-refractivity contribution in [3.8, 4) is 0 Å². The van der Waals surface area contributed by atoms with E-state index in [1.807, 2.05) is 67.6 Å². The summed E-state index contributed by atoms with van der Waals surface area (Å²) in [5.74, 6) is -0.250. The van der Waals surface area contributed by atoms with Crippen LogP contribution in [0.5, 0.6) is 0 Å². The Morgan fingerprint density at radius 3 is 2.26 bits per heavy atom. The van der Waals surface area contributed by atoms with Gasteiger partial charge in [0.15, 0.2) is 0 Å². The number of nitrogens with zero attached hydrogens (tertiary/aromatic N) is 1. The van der Waals surface area contributed by atoms with Gasteiger partial charge in [-0.3, -0.25) is 9.79 Å². The van der Waals surface area contributed by atoms with Crippen molar-refractivity contribution in [2.75, 3.05) is 5.32 Å². The molecule has 4 nitrogen and oxygen atoms in total. The minimum Gasteiger partial charge on any atom is -0.510 e. The number of thioether (sulfide) groups is 1. The van der Waals surface area contributed by atoms with Gasteiger partial charge in [0, 0.05) is 5.69 Å². The maximum absolute atomic E-state index is 13.1. The fourth-order valence-corrected chi connectivity index (χ4v) is 4.62. The van der Waals surface area contributed by atoms with Crippen LogP contribution in [0.15, 0.2) is 101 Å². The van der Waals surface area contributed by atoms with Crippen LogP contribution in [0, 0.1) is 6.92 Å². The molecule has 0 spiro atoms. The van der Waals surface area contributed by atoms with Crippen molar-refractivity contribution in [1.82, 2.24) is 0 Å². The second-order valence-corrected chi connectivity index (χ2v) is 8.68. The van der Waals surface area contributed by atoms with Gasteiger partial charge in [-0.2, -0.15) is 0 Å². The molecule has 3 aromatic carbocycles. The SMILES string of the molecule is Cc1ccc(CC2SC(=NCc3ccccc3)C(C(=O)Nc3ccccc3)=C2O)cc1. The molecular weight excluding hydrogens is 404 g/mol. The molecule has 0 aromatic heterocycles. The average molecular weight is 429 g/mol. The van der Waals surface area contributed by atoms with Gasteiger partial charge in [-0.25, -0.2) is 0 Å². The van der Waals surface area contributed by atoms with Crippen LogP contribution >= 0.6 is 11.8 Å². The molecular formula is C26H24N2O2S. The number of benzene rings is 3. The summed E-state index contributed by atoms with van der Waals surface area (Å²) >= 11 is 1.45. The number of rotatable bonds is 6. The molecule has 1 atom stereocenters. The molecule has 31 heavy (non-hydrogen) atoms. The molecule has 3 aromatic rings. The molecule has 1 aliphatic rings. The van der Waals surface area contributed by atoms with E-state index in [0.29, 0.717) is 23.7 Å². The lowest BCUT2D eigenvalue weighted by atomic mass is 10.0. The van der Waals surface area contributed by atoms with Gasteiger partial charge in [0.2, 0.25) is 0 Å². The van der Waals surface area contributed by atoms with Gasteiger partial charge < -0.3 is 10.4 Å². The second kappa shape index (κ2) is 9.67. The largest absolute Gasteiger partial charge is 0.510 e. The van der Waals surface area contributed by atoms with Crippen LogP contribution < -0.4 is 5.32 Å². The summed E-state index contributed by atoms with van der Waals surface area (Å²) in [6.07, 6.45) is 0.628. The highest BCUT2D eigenvalue weighted by molar-refractivity contribution is 8.15. The summed E-state index contributed by atoms with van der Waals surface area (Å²) in [7, 11) is 0. The topological polar surface area (TPSA) is 61.7 Å². The van der Waals surface area contributed by atoms with E-state index < -0.39 is 0 Å². The molecule has 1 unspecified atom stereocenters. The van der Waals surface area contributed by atoms with E-state index in [1.54, 1.807) is 0 Å². The third-order valence-electron chi connectivity index (χ3n) is 5.08. The normalized spacial score (nSPS) is 17.2. The van der Waals surface area contributed by atoms with Gasteiger partial charge in [-0.1, -0.05) is 90.1 Å². The highest BCUT2D eigenvalue weighted by Crippen LogP contribution is 2.36. The number of carbonyl (C=O) groups is 1. The number of aryl methyl sites for hydroxylation is 1. The highest BCUT2D eigenvalue weighted by atomic mass is 32.2. The standard InChI is InChI=1S/C26H24N2O2S/c1-18-12-14-19(15-13-18)16-22-24(29)23(25(30)28-21-10-6-3-7-11-21)26(31-22)27-17-20-8-4-2-5-9-20/h2-15,22,29H,16-17H2,1H3,(H,28,30). The predicted octanol–water partition coefficient (Wildman–Crippen LogP) is 5.70. The van der Waals surface area contributed by atoms with E-state index >= 15 is 0 Å². The monoisotopic (exact) mass is 428 g/mol. The van der Waals surface area contributed by atoms with Crippen LogP contribution in [0.25, 0.3) is 0 Å². The molecule has 0 bridgehead atoms.